The molecular formula is C26H18F4N6O2S. The molecule has 198 valence electrons. The molecule has 13 heteroatoms. The van der Waals surface area contributed by atoms with E-state index < -0.39 is 36.1 Å². The number of alkyl halides is 4. The van der Waals surface area contributed by atoms with E-state index in [1.165, 1.54) is 12.1 Å². The van der Waals surface area contributed by atoms with Crippen molar-refractivity contribution < 1.29 is 27.2 Å². The van der Waals surface area contributed by atoms with Crippen molar-refractivity contribution in [3.63, 3.8) is 0 Å². The fourth-order valence-electron chi connectivity index (χ4n) is 4.51. The summed E-state index contributed by atoms with van der Waals surface area (Å²) in [6, 6.07) is 11.1. The van der Waals surface area contributed by atoms with Crippen molar-refractivity contribution in [3.05, 3.63) is 76.1 Å². The highest BCUT2D eigenvalue weighted by Gasteiger charge is 2.32. The van der Waals surface area contributed by atoms with E-state index in [4.69, 9.17) is 5.73 Å². The van der Waals surface area contributed by atoms with Crippen LogP contribution in [0.3, 0.4) is 0 Å². The summed E-state index contributed by atoms with van der Waals surface area (Å²) in [7, 11) is 0. The van der Waals surface area contributed by atoms with Crippen LogP contribution in [0.2, 0.25) is 0 Å². The highest BCUT2D eigenvalue weighted by molar-refractivity contribution is 7.21. The Balaban J connectivity index is 1.49. The third-order valence-corrected chi connectivity index (χ3v) is 7.55. The fraction of sp³-hybridized carbons (Fsp3) is 0.192. The number of pyridine rings is 1. The van der Waals surface area contributed by atoms with Crippen LogP contribution in [0.15, 0.2) is 48.7 Å². The van der Waals surface area contributed by atoms with Crippen LogP contribution >= 0.6 is 11.3 Å². The van der Waals surface area contributed by atoms with Crippen LogP contribution in [0.1, 0.15) is 68.6 Å². The first-order valence-corrected chi connectivity index (χ1v) is 12.6. The van der Waals surface area contributed by atoms with Crippen molar-refractivity contribution >= 4 is 44.7 Å². The monoisotopic (exact) mass is 554 g/mol. The molecule has 0 atom stereocenters. The number of aromatic nitrogens is 4. The zero-order valence-electron chi connectivity index (χ0n) is 19.9. The summed E-state index contributed by atoms with van der Waals surface area (Å²) in [5, 5.41) is 6.97. The Bertz CT molecular complexity index is 1770. The number of nitrogens with zero attached hydrogens (tertiary/aromatic N) is 4. The van der Waals surface area contributed by atoms with E-state index in [1.54, 1.807) is 30.3 Å². The highest BCUT2D eigenvalue weighted by Crippen LogP contribution is 2.48. The van der Waals surface area contributed by atoms with Crippen LogP contribution in [-0.4, -0.2) is 31.4 Å². The van der Waals surface area contributed by atoms with E-state index in [2.05, 4.69) is 20.4 Å². The standard InChI is InChI=1S/C26H18F4N6O2S/c27-21(28)16-8-13(11-6-7-11)18-19(20(23(31)37)39-26(18)34-16)35-25(38)14-10-32-36-17(22(29)30)9-15(33-24(14)36)12-4-2-1-3-5-12/h1-5,8-11,21-22H,6-7H2,(H2,31,37)(H,35,38). The Morgan fingerprint density at radius 2 is 1.79 bits per heavy atom. The van der Waals surface area contributed by atoms with Gasteiger partial charge in [-0.05, 0) is 36.5 Å². The summed E-state index contributed by atoms with van der Waals surface area (Å²) in [6.45, 7) is 0. The van der Waals surface area contributed by atoms with E-state index >= 15 is 0 Å². The number of amides is 2. The van der Waals surface area contributed by atoms with Gasteiger partial charge in [-0.15, -0.1) is 11.3 Å². The zero-order chi connectivity index (χ0) is 27.4. The number of rotatable bonds is 7. The molecule has 4 heterocycles. The lowest BCUT2D eigenvalue weighted by molar-refractivity contribution is 0.100. The van der Waals surface area contributed by atoms with Crippen molar-refractivity contribution in [2.24, 2.45) is 5.73 Å². The Hall–Kier alpha value is -4.39. The maximum atomic E-state index is 13.9. The molecule has 0 unspecified atom stereocenters. The lowest BCUT2D eigenvalue weighted by Gasteiger charge is -2.11. The minimum absolute atomic E-state index is 0.0281. The molecule has 0 aliphatic heterocycles. The van der Waals surface area contributed by atoms with Crippen LogP contribution < -0.4 is 11.1 Å². The van der Waals surface area contributed by atoms with Gasteiger partial charge in [-0.2, -0.15) is 5.10 Å². The van der Waals surface area contributed by atoms with Gasteiger partial charge in [0.15, 0.2) is 5.65 Å². The number of carbonyl (C=O) groups is 2. The van der Waals surface area contributed by atoms with Gasteiger partial charge in [-0.3, -0.25) is 9.59 Å². The average molecular weight is 555 g/mol. The summed E-state index contributed by atoms with van der Waals surface area (Å²) in [5.41, 5.74) is 5.78. The minimum atomic E-state index is -2.91. The zero-order valence-corrected chi connectivity index (χ0v) is 20.7. The Morgan fingerprint density at radius 1 is 1.05 bits per heavy atom. The summed E-state index contributed by atoms with van der Waals surface area (Å²) in [6.07, 6.45) is -3.11. The molecule has 1 aliphatic rings. The molecule has 2 amide bonds. The van der Waals surface area contributed by atoms with Crippen molar-refractivity contribution in [3.8, 4) is 11.3 Å². The van der Waals surface area contributed by atoms with Gasteiger partial charge in [0.2, 0.25) is 0 Å². The molecule has 1 saturated carbocycles. The molecule has 1 aromatic carbocycles. The molecule has 5 aromatic rings. The first-order valence-electron chi connectivity index (χ1n) is 11.8. The van der Waals surface area contributed by atoms with Crippen LogP contribution in [-0.2, 0) is 0 Å². The maximum absolute atomic E-state index is 13.9. The van der Waals surface area contributed by atoms with Gasteiger partial charge in [0.1, 0.15) is 26.7 Å². The predicted octanol–water partition coefficient (Wildman–Crippen LogP) is 6.11. The van der Waals surface area contributed by atoms with E-state index in [0.29, 0.717) is 16.5 Å². The van der Waals surface area contributed by atoms with Crippen LogP contribution in [0.4, 0.5) is 23.2 Å². The first kappa shape index (κ1) is 24.9. The van der Waals surface area contributed by atoms with Gasteiger partial charge in [-0.25, -0.2) is 32.0 Å². The second-order valence-corrected chi connectivity index (χ2v) is 10.0. The van der Waals surface area contributed by atoms with Gasteiger partial charge in [-0.1, -0.05) is 30.3 Å². The molecule has 6 rings (SSSR count). The number of carbonyl (C=O) groups excluding carboxylic acids is 2. The number of nitrogens with two attached hydrogens (primary N) is 1. The Labute approximate surface area is 221 Å². The molecular weight excluding hydrogens is 536 g/mol. The number of thiophene rings is 1. The number of anilines is 1. The van der Waals surface area contributed by atoms with Crippen LogP contribution in [0, 0.1) is 0 Å². The quantitative estimate of drug-likeness (QED) is 0.236. The van der Waals surface area contributed by atoms with Gasteiger partial charge in [0.25, 0.3) is 24.7 Å². The Morgan fingerprint density at radius 3 is 2.44 bits per heavy atom. The third kappa shape index (κ3) is 4.38. The highest BCUT2D eigenvalue weighted by atomic mass is 32.1. The molecule has 39 heavy (non-hydrogen) atoms. The number of hydrogen-bond acceptors (Lipinski definition) is 6. The van der Waals surface area contributed by atoms with Gasteiger partial charge in [0.05, 0.1) is 17.6 Å². The number of nitrogens with one attached hydrogen (secondary N) is 1. The second-order valence-electron chi connectivity index (χ2n) is 9.04. The lowest BCUT2D eigenvalue weighted by Crippen LogP contribution is -2.17. The largest absolute Gasteiger partial charge is 0.365 e. The van der Waals surface area contributed by atoms with Gasteiger partial charge in [0, 0.05) is 10.9 Å². The number of primary amides is 1. The van der Waals surface area contributed by atoms with Crippen LogP contribution in [0.5, 0.6) is 0 Å². The molecule has 0 saturated heterocycles. The van der Waals surface area contributed by atoms with E-state index in [-0.39, 0.29) is 38.2 Å². The first-order chi connectivity index (χ1) is 18.7. The van der Waals surface area contributed by atoms with Crippen molar-refractivity contribution in [2.75, 3.05) is 5.32 Å². The maximum Gasteiger partial charge on any atom is 0.280 e. The molecule has 0 spiro atoms. The normalized spacial score (nSPS) is 13.6. The number of halogens is 4. The summed E-state index contributed by atoms with van der Waals surface area (Å²) < 4.78 is 55.8. The van der Waals surface area contributed by atoms with Crippen molar-refractivity contribution in [1.29, 1.82) is 0 Å². The molecule has 3 N–H and O–H groups in total. The van der Waals surface area contributed by atoms with E-state index in [1.807, 2.05) is 0 Å². The molecule has 1 aliphatic carbocycles. The van der Waals surface area contributed by atoms with Crippen molar-refractivity contribution in [2.45, 2.75) is 31.6 Å². The molecule has 1 fully saturated rings. The van der Waals surface area contributed by atoms with Gasteiger partial charge >= 0.3 is 0 Å². The predicted molar refractivity (Wildman–Crippen MR) is 136 cm³/mol. The smallest absolute Gasteiger partial charge is 0.280 e. The summed E-state index contributed by atoms with van der Waals surface area (Å²) in [4.78, 5) is 34.3. The fourth-order valence-corrected chi connectivity index (χ4v) is 5.53. The molecule has 0 radical (unpaired) electrons. The average Bonchev–Trinajstić information content (AvgIpc) is 3.57. The molecule has 8 nitrogen and oxygen atoms in total. The Kier molecular flexibility index (Phi) is 6.02. The van der Waals surface area contributed by atoms with E-state index in [9.17, 15) is 27.2 Å². The third-order valence-electron chi connectivity index (χ3n) is 6.45. The molecule has 4 aromatic heterocycles. The van der Waals surface area contributed by atoms with E-state index in [0.717, 1.165) is 34.9 Å². The van der Waals surface area contributed by atoms with Crippen molar-refractivity contribution in [1.82, 2.24) is 19.6 Å². The molecule has 0 bridgehead atoms. The minimum Gasteiger partial charge on any atom is -0.365 e. The summed E-state index contributed by atoms with van der Waals surface area (Å²) >= 11 is 0.803. The van der Waals surface area contributed by atoms with Gasteiger partial charge < -0.3 is 11.1 Å². The second kappa shape index (κ2) is 9.42. The summed E-state index contributed by atoms with van der Waals surface area (Å²) in [5.74, 6) is -1.69. The number of fused-ring (bicyclic) bond motifs is 2. The number of hydrogen-bond donors (Lipinski definition) is 2. The lowest BCUT2D eigenvalue weighted by atomic mass is 10.0. The topological polar surface area (TPSA) is 115 Å². The SMILES string of the molecule is NC(=O)c1sc2nc(C(F)F)cc(C3CC3)c2c1NC(=O)c1cnn2c(C(F)F)cc(-c3ccccc3)nc12. The number of benzene rings is 1. The van der Waals surface area contributed by atoms with Crippen LogP contribution in [0.25, 0.3) is 27.1 Å².